The first-order valence-electron chi connectivity index (χ1n) is 11.1. The molecule has 1 aliphatic rings. The number of carbonyl (C=O) groups is 2. The van der Waals surface area contributed by atoms with Crippen LogP contribution >= 0.6 is 0 Å². The lowest BCUT2D eigenvalue weighted by molar-refractivity contribution is -0.119. The van der Waals surface area contributed by atoms with Crippen LogP contribution in [0.3, 0.4) is 0 Å². The van der Waals surface area contributed by atoms with Gasteiger partial charge >= 0.3 is 0 Å². The number of carbonyl (C=O) groups excluding carboxylic acids is 2. The number of nitrogens with zero attached hydrogens (tertiary/aromatic N) is 1. The van der Waals surface area contributed by atoms with Gasteiger partial charge < -0.3 is 16.0 Å². The Bertz CT molecular complexity index is 1380. The standard InChI is InChI=1S/C26H26N4O4S/c1-3-35(33,34)30(17-23(31)27-2)20-15-13-19(14-16-20)28-25(18-9-5-4-6-10-18)24-21-11-7-8-12-22(21)29-26(24)32/h4-16,28H,3,17H2,1-2H3,(H,27,31)(H,29,32)/b25-24-. The van der Waals surface area contributed by atoms with Crippen LogP contribution in [0.2, 0.25) is 0 Å². The van der Waals surface area contributed by atoms with Crippen LogP contribution in [0.15, 0.2) is 78.9 Å². The van der Waals surface area contributed by atoms with Crippen molar-refractivity contribution in [2.24, 2.45) is 0 Å². The van der Waals surface area contributed by atoms with E-state index in [0.29, 0.717) is 22.6 Å². The van der Waals surface area contributed by atoms with Gasteiger partial charge in [-0.05, 0) is 42.8 Å². The Hall–Kier alpha value is -4.11. The molecular weight excluding hydrogens is 464 g/mol. The fraction of sp³-hybridized carbons (Fsp3) is 0.154. The Labute approximate surface area is 204 Å². The quantitative estimate of drug-likeness (QED) is 0.419. The third kappa shape index (κ3) is 5.04. The molecule has 35 heavy (non-hydrogen) atoms. The Morgan fingerprint density at radius 2 is 1.60 bits per heavy atom. The molecule has 0 spiro atoms. The second-order valence-electron chi connectivity index (χ2n) is 7.87. The van der Waals surface area contributed by atoms with Gasteiger partial charge in [0.15, 0.2) is 0 Å². The number of hydrogen-bond donors (Lipinski definition) is 3. The summed E-state index contributed by atoms with van der Waals surface area (Å²) in [5.41, 5.74) is 4.55. The Balaban J connectivity index is 1.73. The second-order valence-corrected chi connectivity index (χ2v) is 10.0. The maximum Gasteiger partial charge on any atom is 0.258 e. The first kappa shape index (κ1) is 24.0. The minimum absolute atomic E-state index is 0.136. The van der Waals surface area contributed by atoms with E-state index in [4.69, 9.17) is 0 Å². The van der Waals surface area contributed by atoms with Crippen molar-refractivity contribution in [3.8, 4) is 0 Å². The zero-order valence-electron chi connectivity index (χ0n) is 19.4. The maximum atomic E-state index is 12.9. The van der Waals surface area contributed by atoms with Crippen LogP contribution in [0.25, 0.3) is 11.3 Å². The van der Waals surface area contributed by atoms with E-state index in [1.165, 1.54) is 14.0 Å². The van der Waals surface area contributed by atoms with E-state index in [9.17, 15) is 18.0 Å². The number of fused-ring (bicyclic) bond motifs is 1. The van der Waals surface area contributed by atoms with Crippen molar-refractivity contribution in [2.75, 3.05) is 34.3 Å². The highest BCUT2D eigenvalue weighted by atomic mass is 32.2. The molecule has 0 atom stereocenters. The smallest absolute Gasteiger partial charge is 0.258 e. The largest absolute Gasteiger partial charge is 0.358 e. The highest BCUT2D eigenvalue weighted by molar-refractivity contribution is 7.92. The summed E-state index contributed by atoms with van der Waals surface area (Å²) in [4.78, 5) is 24.9. The van der Waals surface area contributed by atoms with E-state index < -0.39 is 15.9 Å². The third-order valence-electron chi connectivity index (χ3n) is 5.68. The molecule has 0 fully saturated rings. The summed E-state index contributed by atoms with van der Waals surface area (Å²) < 4.78 is 26.3. The van der Waals surface area contributed by atoms with E-state index in [2.05, 4.69) is 16.0 Å². The molecule has 9 heteroatoms. The number of anilines is 3. The number of sulfonamides is 1. The summed E-state index contributed by atoms with van der Waals surface area (Å²) in [7, 11) is -2.20. The molecule has 3 N–H and O–H groups in total. The zero-order chi connectivity index (χ0) is 25.0. The number of hydrogen-bond acceptors (Lipinski definition) is 5. The first-order chi connectivity index (χ1) is 16.8. The first-order valence-corrected chi connectivity index (χ1v) is 12.7. The van der Waals surface area contributed by atoms with E-state index in [1.54, 1.807) is 24.3 Å². The van der Waals surface area contributed by atoms with E-state index in [0.717, 1.165) is 21.1 Å². The average Bonchev–Trinajstić information content (AvgIpc) is 3.22. The summed E-state index contributed by atoms with van der Waals surface area (Å²) in [6, 6.07) is 23.7. The van der Waals surface area contributed by atoms with Gasteiger partial charge in [-0.25, -0.2) is 8.42 Å². The summed E-state index contributed by atoms with van der Waals surface area (Å²) >= 11 is 0. The molecule has 0 bridgehead atoms. The molecule has 3 aromatic carbocycles. The highest BCUT2D eigenvalue weighted by Crippen LogP contribution is 2.37. The third-order valence-corrected chi connectivity index (χ3v) is 7.42. The SMILES string of the molecule is CCS(=O)(=O)N(CC(=O)NC)c1ccc(N/C(=C2\C(=O)Nc3ccccc32)c2ccccc2)cc1. The van der Waals surface area contributed by atoms with Crippen LogP contribution in [0.4, 0.5) is 17.1 Å². The molecule has 3 aromatic rings. The predicted octanol–water partition coefficient (Wildman–Crippen LogP) is 3.52. The van der Waals surface area contributed by atoms with E-state index in [1.807, 2.05) is 54.6 Å². The molecule has 0 saturated carbocycles. The summed E-state index contributed by atoms with van der Waals surface area (Å²) in [5, 5.41) is 8.72. The minimum Gasteiger partial charge on any atom is -0.358 e. The van der Waals surface area contributed by atoms with Crippen molar-refractivity contribution >= 4 is 50.2 Å². The molecule has 0 aromatic heterocycles. The molecule has 180 valence electrons. The normalized spacial score (nSPS) is 14.1. The Morgan fingerprint density at radius 1 is 0.943 bits per heavy atom. The lowest BCUT2D eigenvalue weighted by atomic mass is 10.00. The summed E-state index contributed by atoms with van der Waals surface area (Å²) in [5.74, 6) is -0.755. The topological polar surface area (TPSA) is 108 Å². The predicted molar refractivity (Wildman–Crippen MR) is 139 cm³/mol. The number of benzene rings is 3. The molecule has 0 radical (unpaired) electrons. The van der Waals surface area contributed by atoms with Crippen LogP contribution in [-0.2, 0) is 19.6 Å². The number of rotatable bonds is 8. The average molecular weight is 491 g/mol. The lowest BCUT2D eigenvalue weighted by Crippen LogP contribution is -2.40. The van der Waals surface area contributed by atoms with Gasteiger partial charge in [-0.2, -0.15) is 0 Å². The van der Waals surface area contributed by atoms with Gasteiger partial charge in [-0.1, -0.05) is 48.5 Å². The molecular formula is C26H26N4O4S. The molecule has 4 rings (SSSR count). The number of nitrogens with one attached hydrogen (secondary N) is 3. The van der Waals surface area contributed by atoms with Crippen molar-refractivity contribution in [1.82, 2.24) is 5.32 Å². The fourth-order valence-electron chi connectivity index (χ4n) is 3.82. The van der Waals surface area contributed by atoms with Crippen LogP contribution in [0.5, 0.6) is 0 Å². The van der Waals surface area contributed by atoms with E-state index in [-0.39, 0.29) is 18.2 Å². The van der Waals surface area contributed by atoms with Gasteiger partial charge in [0.2, 0.25) is 15.9 Å². The van der Waals surface area contributed by atoms with Crippen molar-refractivity contribution in [2.45, 2.75) is 6.92 Å². The van der Waals surface area contributed by atoms with Crippen LogP contribution in [-0.4, -0.2) is 39.6 Å². The van der Waals surface area contributed by atoms with Gasteiger partial charge in [0.05, 0.1) is 22.7 Å². The van der Waals surface area contributed by atoms with Crippen molar-refractivity contribution in [3.05, 3.63) is 90.0 Å². The van der Waals surface area contributed by atoms with Gasteiger partial charge in [0.1, 0.15) is 6.54 Å². The zero-order valence-corrected chi connectivity index (χ0v) is 20.2. The molecule has 1 aliphatic heterocycles. The molecule has 0 saturated heterocycles. The maximum absolute atomic E-state index is 12.9. The highest BCUT2D eigenvalue weighted by Gasteiger charge is 2.28. The van der Waals surface area contributed by atoms with Crippen molar-refractivity contribution in [1.29, 1.82) is 0 Å². The molecule has 2 amide bonds. The molecule has 8 nitrogen and oxygen atoms in total. The second kappa shape index (κ2) is 10.0. The molecule has 0 aliphatic carbocycles. The van der Waals surface area contributed by atoms with Gasteiger partial charge in [0.25, 0.3) is 5.91 Å². The summed E-state index contributed by atoms with van der Waals surface area (Å²) in [6.45, 7) is 1.22. The number of amides is 2. The minimum atomic E-state index is -3.66. The Morgan fingerprint density at radius 3 is 2.26 bits per heavy atom. The van der Waals surface area contributed by atoms with E-state index >= 15 is 0 Å². The monoisotopic (exact) mass is 490 g/mol. The van der Waals surface area contributed by atoms with Gasteiger partial charge in [-0.15, -0.1) is 0 Å². The molecule has 0 unspecified atom stereocenters. The van der Waals surface area contributed by atoms with Crippen molar-refractivity contribution in [3.63, 3.8) is 0 Å². The fourth-order valence-corrected chi connectivity index (χ4v) is 4.89. The van der Waals surface area contributed by atoms with Crippen LogP contribution in [0, 0.1) is 0 Å². The Kier molecular flexibility index (Phi) is 6.88. The lowest BCUT2D eigenvalue weighted by Gasteiger charge is -2.23. The van der Waals surface area contributed by atoms with Gasteiger partial charge in [0, 0.05) is 24.0 Å². The van der Waals surface area contributed by atoms with Crippen molar-refractivity contribution < 1.29 is 18.0 Å². The number of para-hydroxylation sites is 1. The van der Waals surface area contributed by atoms with Crippen LogP contribution < -0.4 is 20.3 Å². The van der Waals surface area contributed by atoms with Gasteiger partial charge in [-0.3, -0.25) is 13.9 Å². The van der Waals surface area contributed by atoms with Crippen LogP contribution in [0.1, 0.15) is 18.1 Å². The summed E-state index contributed by atoms with van der Waals surface area (Å²) in [6.07, 6.45) is 0. The molecule has 1 heterocycles. The number of likely N-dealkylation sites (N-methyl/N-ethyl adjacent to an activating group) is 1.